The molecule has 0 saturated heterocycles. The zero-order valence-corrected chi connectivity index (χ0v) is 15.4. The van der Waals surface area contributed by atoms with Crippen molar-refractivity contribution < 1.29 is 4.79 Å². The van der Waals surface area contributed by atoms with Crippen molar-refractivity contribution in [1.29, 1.82) is 0 Å². The van der Waals surface area contributed by atoms with Gasteiger partial charge in [-0.15, -0.1) is 0 Å². The van der Waals surface area contributed by atoms with Crippen molar-refractivity contribution in [2.75, 3.05) is 11.9 Å². The number of nitrogens with one attached hydrogen (secondary N) is 1. The van der Waals surface area contributed by atoms with Crippen LogP contribution in [-0.4, -0.2) is 22.0 Å². The monoisotopic (exact) mass is 345 g/mol. The number of fused-ring (bicyclic) bond motifs is 1. The van der Waals surface area contributed by atoms with E-state index in [9.17, 15) is 4.79 Å². The Morgan fingerprint density at radius 2 is 1.96 bits per heavy atom. The Balaban J connectivity index is 1.88. The molecule has 0 saturated carbocycles. The van der Waals surface area contributed by atoms with Gasteiger partial charge in [-0.05, 0) is 49.6 Å². The van der Waals surface area contributed by atoms with Crippen LogP contribution in [0.5, 0.6) is 0 Å². The molecule has 2 amide bonds. The van der Waals surface area contributed by atoms with Gasteiger partial charge in [0, 0.05) is 35.2 Å². The van der Waals surface area contributed by atoms with Gasteiger partial charge in [-0.3, -0.25) is 0 Å². The molecule has 2 aromatic rings. The van der Waals surface area contributed by atoms with Crippen LogP contribution in [0, 0.1) is 19.8 Å². The minimum Gasteiger partial charge on any atom is -0.345 e. The maximum Gasteiger partial charge on any atom is 0.322 e. The van der Waals surface area contributed by atoms with E-state index in [1.165, 1.54) is 11.4 Å². The van der Waals surface area contributed by atoms with Gasteiger partial charge >= 0.3 is 6.03 Å². The molecule has 0 fully saturated rings. The molecule has 1 aromatic carbocycles. The van der Waals surface area contributed by atoms with Crippen molar-refractivity contribution in [3.05, 3.63) is 52.3 Å². The fourth-order valence-corrected chi connectivity index (χ4v) is 3.69. The summed E-state index contributed by atoms with van der Waals surface area (Å²) in [6.07, 6.45) is 0. The van der Waals surface area contributed by atoms with Crippen LogP contribution in [0.1, 0.15) is 36.8 Å². The van der Waals surface area contributed by atoms with E-state index in [0.717, 1.165) is 17.8 Å². The summed E-state index contributed by atoms with van der Waals surface area (Å²) in [5.41, 5.74) is 4.13. The predicted octanol–water partition coefficient (Wildman–Crippen LogP) is 5.00. The molecule has 0 spiro atoms. The normalized spacial score (nSPS) is 17.1. The fraction of sp³-hybridized carbons (Fsp3) is 0.421. The van der Waals surface area contributed by atoms with Gasteiger partial charge in [-0.1, -0.05) is 31.5 Å². The molecule has 1 N–H and O–H groups in total. The van der Waals surface area contributed by atoms with Crippen LogP contribution >= 0.6 is 11.6 Å². The average molecular weight is 346 g/mol. The summed E-state index contributed by atoms with van der Waals surface area (Å²) in [6.45, 7) is 9.89. The molecule has 3 rings (SSSR count). The number of aromatic nitrogens is 1. The summed E-state index contributed by atoms with van der Waals surface area (Å²) in [5, 5.41) is 3.70. The first kappa shape index (κ1) is 16.9. The van der Waals surface area contributed by atoms with E-state index >= 15 is 0 Å². The number of carbonyl (C=O) groups is 1. The minimum atomic E-state index is -0.0656. The fourth-order valence-electron chi connectivity index (χ4n) is 3.52. The molecule has 24 heavy (non-hydrogen) atoms. The number of hydrogen-bond acceptors (Lipinski definition) is 1. The molecule has 1 aromatic heterocycles. The van der Waals surface area contributed by atoms with E-state index in [0.29, 0.717) is 17.5 Å². The number of urea groups is 1. The Labute approximate surface area is 148 Å². The lowest BCUT2D eigenvalue weighted by Crippen LogP contribution is -2.46. The Bertz CT molecular complexity index is 766. The standard InChI is InChI=1S/C19H24ClN3O/c1-12(2)18-17-9-8-13(3)22(17)10-11-23(18)19(24)21-16-7-5-6-15(20)14(16)4/h5-9,12,18H,10-11H2,1-4H3,(H,21,24)/t18-/m1/s1. The zero-order valence-electron chi connectivity index (χ0n) is 14.6. The molecule has 1 aliphatic rings. The van der Waals surface area contributed by atoms with Gasteiger partial charge in [0.05, 0.1) is 6.04 Å². The second-order valence-electron chi connectivity index (χ2n) is 6.78. The molecular formula is C19H24ClN3O. The first-order valence-corrected chi connectivity index (χ1v) is 8.76. The smallest absolute Gasteiger partial charge is 0.322 e. The van der Waals surface area contributed by atoms with Gasteiger partial charge < -0.3 is 14.8 Å². The molecule has 5 heteroatoms. The maximum atomic E-state index is 12.9. The van der Waals surface area contributed by atoms with Gasteiger partial charge in [0.2, 0.25) is 0 Å². The third kappa shape index (κ3) is 2.91. The van der Waals surface area contributed by atoms with Crippen LogP contribution in [0.4, 0.5) is 10.5 Å². The second kappa shape index (κ2) is 6.52. The topological polar surface area (TPSA) is 37.3 Å². The number of halogens is 1. The summed E-state index contributed by atoms with van der Waals surface area (Å²) < 4.78 is 2.32. The minimum absolute atomic E-state index is 0.0656. The molecule has 0 radical (unpaired) electrons. The Kier molecular flexibility index (Phi) is 4.59. The van der Waals surface area contributed by atoms with E-state index in [2.05, 4.69) is 42.8 Å². The molecular weight excluding hydrogens is 322 g/mol. The van der Waals surface area contributed by atoms with Gasteiger partial charge in [0.25, 0.3) is 0 Å². The first-order chi connectivity index (χ1) is 11.4. The van der Waals surface area contributed by atoms with Gasteiger partial charge in [0.1, 0.15) is 0 Å². The lowest BCUT2D eigenvalue weighted by molar-refractivity contribution is 0.143. The number of amides is 2. The predicted molar refractivity (Wildman–Crippen MR) is 98.7 cm³/mol. The number of anilines is 1. The maximum absolute atomic E-state index is 12.9. The number of nitrogens with zero attached hydrogens (tertiary/aromatic N) is 2. The second-order valence-corrected chi connectivity index (χ2v) is 7.18. The van der Waals surface area contributed by atoms with Crippen LogP contribution in [0.15, 0.2) is 30.3 Å². The number of carbonyl (C=O) groups excluding carboxylic acids is 1. The van der Waals surface area contributed by atoms with E-state index in [-0.39, 0.29) is 12.1 Å². The number of hydrogen-bond donors (Lipinski definition) is 1. The van der Waals surface area contributed by atoms with Gasteiger partial charge in [0.15, 0.2) is 0 Å². The van der Waals surface area contributed by atoms with Crippen LogP contribution in [-0.2, 0) is 6.54 Å². The van der Waals surface area contributed by atoms with Gasteiger partial charge in [-0.2, -0.15) is 0 Å². The van der Waals surface area contributed by atoms with E-state index < -0.39 is 0 Å². The molecule has 128 valence electrons. The average Bonchev–Trinajstić information content (AvgIpc) is 2.92. The van der Waals surface area contributed by atoms with Gasteiger partial charge in [-0.25, -0.2) is 4.79 Å². The summed E-state index contributed by atoms with van der Waals surface area (Å²) in [6, 6.07) is 9.86. The lowest BCUT2D eigenvalue weighted by Gasteiger charge is -2.39. The van der Waals surface area contributed by atoms with Crippen molar-refractivity contribution in [2.24, 2.45) is 5.92 Å². The van der Waals surface area contributed by atoms with Crippen molar-refractivity contribution in [3.8, 4) is 0 Å². The summed E-state index contributed by atoms with van der Waals surface area (Å²) in [5.74, 6) is 0.338. The van der Waals surface area contributed by atoms with Crippen LogP contribution in [0.3, 0.4) is 0 Å². The van der Waals surface area contributed by atoms with Crippen molar-refractivity contribution in [1.82, 2.24) is 9.47 Å². The SMILES string of the molecule is Cc1c(Cl)cccc1NC(=O)N1CCn2c(C)ccc2[C@H]1C(C)C. The molecule has 1 aliphatic heterocycles. The first-order valence-electron chi connectivity index (χ1n) is 8.39. The largest absolute Gasteiger partial charge is 0.345 e. The van der Waals surface area contributed by atoms with Crippen LogP contribution < -0.4 is 5.32 Å². The number of aryl methyl sites for hydroxylation is 1. The highest BCUT2D eigenvalue weighted by atomic mass is 35.5. The van der Waals surface area contributed by atoms with Crippen LogP contribution in [0.2, 0.25) is 5.02 Å². The third-order valence-electron chi connectivity index (χ3n) is 4.84. The summed E-state index contributed by atoms with van der Waals surface area (Å²) >= 11 is 6.16. The highest BCUT2D eigenvalue weighted by Gasteiger charge is 2.33. The lowest BCUT2D eigenvalue weighted by atomic mass is 9.97. The Morgan fingerprint density at radius 1 is 1.21 bits per heavy atom. The van der Waals surface area contributed by atoms with Crippen molar-refractivity contribution in [3.63, 3.8) is 0 Å². The van der Waals surface area contributed by atoms with E-state index in [4.69, 9.17) is 11.6 Å². The zero-order chi connectivity index (χ0) is 17.4. The van der Waals surface area contributed by atoms with E-state index in [1.807, 2.05) is 30.0 Å². The molecule has 0 aliphatic carbocycles. The molecule has 1 atom stereocenters. The van der Waals surface area contributed by atoms with E-state index in [1.54, 1.807) is 0 Å². The van der Waals surface area contributed by atoms with Crippen molar-refractivity contribution >= 4 is 23.3 Å². The molecule has 4 nitrogen and oxygen atoms in total. The quantitative estimate of drug-likeness (QED) is 0.816. The highest BCUT2D eigenvalue weighted by molar-refractivity contribution is 6.31. The molecule has 0 unspecified atom stereocenters. The number of rotatable bonds is 2. The third-order valence-corrected chi connectivity index (χ3v) is 5.25. The Hall–Kier alpha value is -1.94. The summed E-state index contributed by atoms with van der Waals surface area (Å²) in [7, 11) is 0. The molecule has 2 heterocycles. The molecule has 0 bridgehead atoms. The highest BCUT2D eigenvalue weighted by Crippen LogP contribution is 2.34. The van der Waals surface area contributed by atoms with Crippen molar-refractivity contribution in [2.45, 2.75) is 40.3 Å². The summed E-state index contributed by atoms with van der Waals surface area (Å²) in [4.78, 5) is 14.9. The van der Waals surface area contributed by atoms with Crippen LogP contribution in [0.25, 0.3) is 0 Å². The number of benzene rings is 1. The Morgan fingerprint density at radius 3 is 2.67 bits per heavy atom.